The summed E-state index contributed by atoms with van der Waals surface area (Å²) < 4.78 is 37.1. The molecular weight excluding hydrogens is 484 g/mol. The average Bonchev–Trinajstić information content (AvgIpc) is 2.96. The van der Waals surface area contributed by atoms with Gasteiger partial charge in [0.2, 0.25) is 10.0 Å². The first kappa shape index (κ1) is 25.7. The normalized spacial score (nSPS) is 21.9. The van der Waals surface area contributed by atoms with E-state index in [9.17, 15) is 8.42 Å². The van der Waals surface area contributed by atoms with Crippen molar-refractivity contribution in [2.24, 2.45) is 7.05 Å². The van der Waals surface area contributed by atoms with Crippen molar-refractivity contribution in [1.82, 2.24) is 29.4 Å². The van der Waals surface area contributed by atoms with E-state index in [0.717, 1.165) is 29.6 Å². The zero-order chi connectivity index (χ0) is 25.3. The topological polar surface area (TPSA) is 105 Å². The van der Waals surface area contributed by atoms with Crippen molar-refractivity contribution in [1.29, 1.82) is 0 Å². The van der Waals surface area contributed by atoms with E-state index in [4.69, 9.17) is 17.0 Å². The van der Waals surface area contributed by atoms with Crippen molar-refractivity contribution in [3.63, 3.8) is 0 Å². The van der Waals surface area contributed by atoms with Crippen LogP contribution < -0.4 is 5.32 Å². The summed E-state index contributed by atoms with van der Waals surface area (Å²) in [5.41, 5.74) is 3.05. The first-order valence-corrected chi connectivity index (χ1v) is 14.0. The van der Waals surface area contributed by atoms with Crippen LogP contribution in [-0.4, -0.2) is 64.3 Å². The SMILES string of the molecule is CCCc1nn(C)c2c(=S)nc(C3=C(OCC)C=CCC(S(=O)(=O)N4C[C@@H](C)N[C@@H](C)C4)=C3)[nH]c12. The van der Waals surface area contributed by atoms with E-state index in [-0.39, 0.29) is 18.5 Å². The number of hydrogen-bond acceptors (Lipinski definition) is 7. The molecule has 35 heavy (non-hydrogen) atoms. The lowest BCUT2D eigenvalue weighted by atomic mass is 10.1. The third-order valence-electron chi connectivity index (χ3n) is 6.18. The van der Waals surface area contributed by atoms with Crippen LogP contribution in [0.5, 0.6) is 0 Å². The number of aromatic nitrogens is 4. The minimum atomic E-state index is -3.69. The van der Waals surface area contributed by atoms with Crippen LogP contribution >= 0.6 is 12.2 Å². The standard InChI is InChI=1S/C24H34N6O3S2/c1-6-9-19-21-22(29(5)28-19)24(34)27-23(26-21)18-12-17(10-8-11-20(18)33-7-2)35(31,32)30-13-15(3)25-16(4)14-30/h8,11-12,15-16,25H,6-7,9-10,13-14H2,1-5H3,(H,26,27,34)/t15-,16+. The minimum Gasteiger partial charge on any atom is -0.493 e. The fourth-order valence-electron chi connectivity index (χ4n) is 4.74. The van der Waals surface area contributed by atoms with Gasteiger partial charge in [-0.15, -0.1) is 0 Å². The summed E-state index contributed by atoms with van der Waals surface area (Å²) in [4.78, 5) is 8.35. The van der Waals surface area contributed by atoms with Crippen LogP contribution in [0.15, 0.2) is 28.9 Å². The highest BCUT2D eigenvalue weighted by Gasteiger charge is 2.33. The Hall–Kier alpha value is -2.34. The summed E-state index contributed by atoms with van der Waals surface area (Å²) in [5, 5.41) is 8.02. The van der Waals surface area contributed by atoms with Crippen molar-refractivity contribution in [2.75, 3.05) is 19.7 Å². The van der Waals surface area contributed by atoms with Gasteiger partial charge in [0.05, 0.1) is 28.3 Å². The van der Waals surface area contributed by atoms with Crippen LogP contribution in [0.25, 0.3) is 16.6 Å². The number of aromatic amines is 1. The number of allylic oxidation sites excluding steroid dienone is 5. The molecule has 9 nitrogen and oxygen atoms in total. The zero-order valence-electron chi connectivity index (χ0n) is 21.0. The Labute approximate surface area is 212 Å². The van der Waals surface area contributed by atoms with Crippen LogP contribution in [0.2, 0.25) is 0 Å². The molecule has 0 bridgehead atoms. The molecule has 1 aliphatic carbocycles. The average molecular weight is 519 g/mol. The number of ether oxygens (including phenoxy) is 1. The summed E-state index contributed by atoms with van der Waals surface area (Å²) in [6.45, 7) is 9.27. The summed E-state index contributed by atoms with van der Waals surface area (Å²) in [7, 11) is -1.84. The summed E-state index contributed by atoms with van der Waals surface area (Å²) >= 11 is 5.64. The van der Waals surface area contributed by atoms with Gasteiger partial charge in [-0.05, 0) is 39.3 Å². The Balaban J connectivity index is 1.87. The highest BCUT2D eigenvalue weighted by atomic mass is 32.2. The molecule has 2 aromatic heterocycles. The number of hydrogen-bond donors (Lipinski definition) is 2. The minimum absolute atomic E-state index is 0.0761. The highest BCUT2D eigenvalue weighted by Crippen LogP contribution is 2.31. The number of sulfonamides is 1. The summed E-state index contributed by atoms with van der Waals surface area (Å²) in [5.74, 6) is 1.02. The first-order valence-electron chi connectivity index (χ1n) is 12.1. The monoisotopic (exact) mass is 518 g/mol. The molecule has 1 fully saturated rings. The van der Waals surface area contributed by atoms with Gasteiger partial charge in [-0.1, -0.05) is 31.6 Å². The van der Waals surface area contributed by atoms with Crippen molar-refractivity contribution < 1.29 is 13.2 Å². The molecule has 0 amide bonds. The molecular formula is C24H34N6O3S2. The number of rotatable bonds is 7. The van der Waals surface area contributed by atoms with Gasteiger partial charge in [0.25, 0.3) is 0 Å². The van der Waals surface area contributed by atoms with Crippen molar-refractivity contribution >= 4 is 38.8 Å². The molecule has 4 rings (SSSR count). The molecule has 0 aromatic carbocycles. The Morgan fingerprint density at radius 2 is 1.94 bits per heavy atom. The molecule has 11 heteroatoms. The number of nitrogens with zero attached hydrogens (tertiary/aromatic N) is 4. The van der Waals surface area contributed by atoms with Gasteiger partial charge in [0.15, 0.2) is 4.64 Å². The fraction of sp³-hybridized carbons (Fsp3) is 0.542. The molecule has 0 saturated carbocycles. The predicted molar refractivity (Wildman–Crippen MR) is 141 cm³/mol. The largest absolute Gasteiger partial charge is 0.493 e. The number of nitrogens with one attached hydrogen (secondary N) is 2. The second kappa shape index (κ2) is 10.3. The van der Waals surface area contributed by atoms with E-state index in [2.05, 4.69) is 27.3 Å². The van der Waals surface area contributed by atoms with E-state index < -0.39 is 10.0 Å². The molecule has 190 valence electrons. The molecule has 1 aliphatic heterocycles. The van der Waals surface area contributed by atoms with Gasteiger partial charge in [0.1, 0.15) is 17.1 Å². The van der Waals surface area contributed by atoms with Gasteiger partial charge in [0, 0.05) is 38.6 Å². The predicted octanol–water partition coefficient (Wildman–Crippen LogP) is 3.58. The summed E-state index contributed by atoms with van der Waals surface area (Å²) in [6, 6.07) is 0.152. The third kappa shape index (κ3) is 5.13. The maximum atomic E-state index is 13.7. The molecule has 2 atom stereocenters. The molecule has 1 saturated heterocycles. The Bertz CT molecular complexity index is 1360. The van der Waals surface area contributed by atoms with Crippen LogP contribution in [-0.2, 0) is 28.2 Å². The lowest BCUT2D eigenvalue weighted by Crippen LogP contribution is -2.55. The van der Waals surface area contributed by atoms with Crippen LogP contribution in [0.4, 0.5) is 0 Å². The molecule has 2 aliphatic rings. The van der Waals surface area contributed by atoms with E-state index in [0.29, 0.717) is 46.4 Å². The highest BCUT2D eigenvalue weighted by molar-refractivity contribution is 7.93. The van der Waals surface area contributed by atoms with Gasteiger partial charge in [-0.25, -0.2) is 13.4 Å². The van der Waals surface area contributed by atoms with Crippen LogP contribution in [0.1, 0.15) is 52.1 Å². The molecule has 2 N–H and O–H groups in total. The Kier molecular flexibility index (Phi) is 7.60. The maximum Gasteiger partial charge on any atom is 0.239 e. The van der Waals surface area contributed by atoms with Gasteiger partial charge in [-0.3, -0.25) is 4.68 Å². The van der Waals surface area contributed by atoms with Gasteiger partial charge < -0.3 is 15.0 Å². The number of H-pyrrole nitrogens is 1. The van der Waals surface area contributed by atoms with Crippen molar-refractivity contribution in [3.8, 4) is 0 Å². The van der Waals surface area contributed by atoms with E-state index in [1.807, 2.05) is 40.0 Å². The number of fused-ring (bicyclic) bond motifs is 1. The molecule has 0 radical (unpaired) electrons. The maximum absolute atomic E-state index is 13.7. The zero-order valence-corrected chi connectivity index (χ0v) is 22.6. The van der Waals surface area contributed by atoms with Gasteiger partial charge >= 0.3 is 0 Å². The van der Waals surface area contributed by atoms with Crippen molar-refractivity contribution in [2.45, 2.75) is 59.0 Å². The lowest BCUT2D eigenvalue weighted by Gasteiger charge is -2.35. The number of aryl methyl sites for hydroxylation is 2. The fourth-order valence-corrected chi connectivity index (χ4v) is 6.81. The molecule has 0 unspecified atom stereocenters. The van der Waals surface area contributed by atoms with Crippen LogP contribution in [0.3, 0.4) is 0 Å². The van der Waals surface area contributed by atoms with E-state index in [1.165, 1.54) is 0 Å². The quantitative estimate of drug-likeness (QED) is 0.540. The van der Waals surface area contributed by atoms with E-state index >= 15 is 0 Å². The molecule has 2 aromatic rings. The molecule has 0 spiro atoms. The smallest absolute Gasteiger partial charge is 0.239 e. The second-order valence-electron chi connectivity index (χ2n) is 9.15. The second-order valence-corrected chi connectivity index (χ2v) is 11.5. The Morgan fingerprint density at radius 3 is 2.60 bits per heavy atom. The third-order valence-corrected chi connectivity index (χ3v) is 8.38. The lowest BCUT2D eigenvalue weighted by molar-refractivity contribution is 0.244. The van der Waals surface area contributed by atoms with Crippen LogP contribution in [0, 0.1) is 4.64 Å². The van der Waals surface area contributed by atoms with Crippen molar-refractivity contribution in [3.05, 3.63) is 45.1 Å². The molecule has 3 heterocycles. The summed E-state index contributed by atoms with van der Waals surface area (Å²) in [6.07, 6.45) is 7.33. The number of piperazine rings is 1. The van der Waals surface area contributed by atoms with E-state index in [1.54, 1.807) is 15.1 Å². The van der Waals surface area contributed by atoms with Gasteiger partial charge in [-0.2, -0.15) is 9.40 Å². The first-order chi connectivity index (χ1) is 16.6. The Morgan fingerprint density at radius 1 is 1.23 bits per heavy atom.